The molecule has 1 aromatic carbocycles. The third-order valence-electron chi connectivity index (χ3n) is 3.78. The fourth-order valence-corrected chi connectivity index (χ4v) is 3.62. The largest absolute Gasteiger partial charge is 0.439 e. The Hall–Kier alpha value is -2.28. The van der Waals surface area contributed by atoms with Gasteiger partial charge in [0.1, 0.15) is 5.52 Å². The monoisotopic (exact) mass is 328 g/mol. The van der Waals surface area contributed by atoms with E-state index in [0.717, 1.165) is 41.5 Å². The average molecular weight is 328 g/mol. The lowest BCUT2D eigenvalue weighted by molar-refractivity contribution is -0.120. The summed E-state index contributed by atoms with van der Waals surface area (Å²) in [5, 5.41) is 5.90. The summed E-state index contributed by atoms with van der Waals surface area (Å²) in [5.74, 6) is 0.487. The number of para-hydroxylation sites is 2. The Morgan fingerprint density at radius 2 is 2.30 bits per heavy atom. The first-order valence-electron chi connectivity index (χ1n) is 7.58. The van der Waals surface area contributed by atoms with Crippen LogP contribution >= 0.6 is 11.8 Å². The molecule has 2 aliphatic rings. The second-order valence-electron chi connectivity index (χ2n) is 5.43. The third kappa shape index (κ3) is 2.96. The van der Waals surface area contributed by atoms with Gasteiger partial charge in [-0.05, 0) is 24.0 Å². The van der Waals surface area contributed by atoms with Gasteiger partial charge < -0.3 is 14.6 Å². The first kappa shape index (κ1) is 14.3. The topological polar surface area (TPSA) is 70.7 Å². The van der Waals surface area contributed by atoms with E-state index in [0.29, 0.717) is 18.9 Å². The highest BCUT2D eigenvalue weighted by Gasteiger charge is 2.26. The minimum atomic E-state index is -0.0362. The quantitative estimate of drug-likeness (QED) is 0.933. The molecule has 0 atom stereocenters. The number of nitrogens with zero attached hydrogens (tertiary/aromatic N) is 3. The number of carbonyl (C=O) groups excluding carboxylic acids is 1. The Morgan fingerprint density at radius 1 is 1.39 bits per heavy atom. The molecule has 0 bridgehead atoms. The first-order chi connectivity index (χ1) is 11.3. The predicted molar refractivity (Wildman–Crippen MR) is 89.8 cm³/mol. The molecule has 7 heteroatoms. The number of oxazole rings is 1. The fraction of sp³-hybridized carbons (Fsp3) is 0.312. The van der Waals surface area contributed by atoms with Gasteiger partial charge in [-0.25, -0.2) is 4.98 Å². The highest BCUT2D eigenvalue weighted by molar-refractivity contribution is 8.16. The molecule has 23 heavy (non-hydrogen) atoms. The zero-order valence-corrected chi connectivity index (χ0v) is 13.3. The van der Waals surface area contributed by atoms with E-state index in [4.69, 9.17) is 4.42 Å². The molecule has 0 aliphatic carbocycles. The number of hydrogen-bond donors (Lipinski definition) is 1. The van der Waals surface area contributed by atoms with Crippen molar-refractivity contribution in [3.63, 3.8) is 0 Å². The molecule has 6 nitrogen and oxygen atoms in total. The van der Waals surface area contributed by atoms with E-state index in [1.54, 1.807) is 11.8 Å². The number of rotatable bonds is 4. The molecule has 0 unspecified atom stereocenters. The molecule has 1 aromatic heterocycles. The second kappa shape index (κ2) is 6.08. The average Bonchev–Trinajstić information content (AvgIpc) is 3.17. The van der Waals surface area contributed by atoms with Gasteiger partial charge in [-0.15, -0.1) is 0 Å². The van der Waals surface area contributed by atoms with Crippen LogP contribution in [0.25, 0.3) is 11.1 Å². The number of fused-ring (bicyclic) bond motifs is 2. The maximum absolute atomic E-state index is 12.2. The summed E-state index contributed by atoms with van der Waals surface area (Å²) in [7, 11) is 0. The minimum absolute atomic E-state index is 0.0362. The van der Waals surface area contributed by atoms with Gasteiger partial charge in [0, 0.05) is 18.8 Å². The van der Waals surface area contributed by atoms with Crippen LogP contribution in [-0.4, -0.2) is 34.0 Å². The molecule has 118 valence electrons. The number of thioether (sulfide) groups is 1. The van der Waals surface area contributed by atoms with Gasteiger partial charge in [0.25, 0.3) is 0 Å². The lowest BCUT2D eigenvalue weighted by Crippen LogP contribution is -2.32. The molecule has 2 aromatic rings. The van der Waals surface area contributed by atoms with Crippen LogP contribution < -0.4 is 5.32 Å². The molecule has 4 rings (SSSR count). The van der Waals surface area contributed by atoms with Gasteiger partial charge in [0.15, 0.2) is 10.8 Å². The van der Waals surface area contributed by atoms with Gasteiger partial charge in [0.2, 0.25) is 11.8 Å². The van der Waals surface area contributed by atoms with Gasteiger partial charge in [0.05, 0.1) is 13.0 Å². The summed E-state index contributed by atoms with van der Waals surface area (Å²) in [5.41, 5.74) is 2.56. The molecule has 3 heterocycles. The zero-order chi connectivity index (χ0) is 15.6. The molecule has 1 amide bonds. The molecule has 1 N–H and O–H groups in total. The van der Waals surface area contributed by atoms with Crippen LogP contribution in [0.3, 0.4) is 0 Å². The van der Waals surface area contributed by atoms with Crippen molar-refractivity contribution < 1.29 is 9.21 Å². The number of amidine groups is 1. The molecule has 0 fully saturated rings. The Labute approximate surface area is 137 Å². The zero-order valence-electron chi connectivity index (χ0n) is 12.5. The molecule has 2 aliphatic heterocycles. The van der Waals surface area contributed by atoms with Crippen molar-refractivity contribution in [2.24, 2.45) is 4.99 Å². The van der Waals surface area contributed by atoms with E-state index in [9.17, 15) is 4.79 Å². The minimum Gasteiger partial charge on any atom is -0.439 e. The van der Waals surface area contributed by atoms with E-state index in [2.05, 4.69) is 20.2 Å². The van der Waals surface area contributed by atoms with E-state index < -0.39 is 0 Å². The van der Waals surface area contributed by atoms with Gasteiger partial charge in [-0.1, -0.05) is 23.9 Å². The highest BCUT2D eigenvalue weighted by atomic mass is 32.2. The maximum Gasteiger partial charge on any atom is 0.226 e. The highest BCUT2D eigenvalue weighted by Crippen LogP contribution is 2.30. The Bertz CT molecular complexity index is 778. The fourth-order valence-electron chi connectivity index (χ4n) is 2.67. The number of hydrogen-bond acceptors (Lipinski definition) is 6. The summed E-state index contributed by atoms with van der Waals surface area (Å²) in [6.45, 7) is 2.12. The van der Waals surface area contributed by atoms with E-state index in [1.165, 1.54) is 0 Å². The Morgan fingerprint density at radius 3 is 3.22 bits per heavy atom. The van der Waals surface area contributed by atoms with Crippen molar-refractivity contribution in [1.29, 1.82) is 0 Å². The SMILES string of the molecule is O=C(CC1=CSC2=NCCCN12)NCc1nc2ccccc2o1. The number of benzene rings is 1. The normalized spacial score (nSPS) is 17.0. The summed E-state index contributed by atoms with van der Waals surface area (Å²) in [6.07, 6.45) is 1.39. The Kier molecular flexibility index (Phi) is 3.78. The molecule has 0 spiro atoms. The first-order valence-corrected chi connectivity index (χ1v) is 8.46. The number of aromatic nitrogens is 1. The smallest absolute Gasteiger partial charge is 0.226 e. The van der Waals surface area contributed by atoms with Crippen LogP contribution in [0.4, 0.5) is 0 Å². The van der Waals surface area contributed by atoms with Crippen LogP contribution in [0, 0.1) is 0 Å². The second-order valence-corrected chi connectivity index (χ2v) is 6.26. The van der Waals surface area contributed by atoms with E-state index in [1.807, 2.05) is 29.7 Å². The standard InChI is InChI=1S/C16H16N4O2S/c21-14(8-11-10-23-16-17-6-3-7-20(11)16)18-9-15-19-12-4-1-2-5-13(12)22-15/h1-2,4-5,10H,3,6-9H2,(H,18,21). The number of nitrogens with one attached hydrogen (secondary N) is 1. The van der Waals surface area contributed by atoms with Gasteiger partial charge >= 0.3 is 0 Å². The van der Waals surface area contributed by atoms with Crippen LogP contribution in [-0.2, 0) is 11.3 Å². The van der Waals surface area contributed by atoms with Crippen molar-refractivity contribution in [1.82, 2.24) is 15.2 Å². The van der Waals surface area contributed by atoms with Crippen LogP contribution in [0.1, 0.15) is 18.7 Å². The number of carbonyl (C=O) groups is 1. The van der Waals surface area contributed by atoms with Crippen molar-refractivity contribution in [2.75, 3.05) is 13.1 Å². The van der Waals surface area contributed by atoms with Crippen LogP contribution in [0.2, 0.25) is 0 Å². The van der Waals surface area contributed by atoms with Crippen molar-refractivity contribution in [2.45, 2.75) is 19.4 Å². The van der Waals surface area contributed by atoms with Crippen molar-refractivity contribution >= 4 is 33.9 Å². The predicted octanol–water partition coefficient (Wildman–Crippen LogP) is 2.48. The summed E-state index contributed by atoms with van der Waals surface area (Å²) >= 11 is 1.60. The van der Waals surface area contributed by atoms with Crippen LogP contribution in [0.15, 0.2) is 44.8 Å². The molecule has 0 saturated carbocycles. The molecular formula is C16H16N4O2S. The summed E-state index contributed by atoms with van der Waals surface area (Å²) in [6, 6.07) is 7.57. The maximum atomic E-state index is 12.2. The van der Waals surface area contributed by atoms with Crippen LogP contribution in [0.5, 0.6) is 0 Å². The van der Waals surface area contributed by atoms with Crippen molar-refractivity contribution in [3.05, 3.63) is 41.3 Å². The van der Waals surface area contributed by atoms with E-state index >= 15 is 0 Å². The van der Waals surface area contributed by atoms with Gasteiger partial charge in [-0.2, -0.15) is 0 Å². The van der Waals surface area contributed by atoms with E-state index in [-0.39, 0.29) is 5.91 Å². The lowest BCUT2D eigenvalue weighted by Gasteiger charge is -2.25. The molecule has 0 radical (unpaired) electrons. The van der Waals surface area contributed by atoms with Crippen molar-refractivity contribution in [3.8, 4) is 0 Å². The Balaban J connectivity index is 1.35. The summed E-state index contributed by atoms with van der Waals surface area (Å²) < 4.78 is 5.60. The lowest BCUT2D eigenvalue weighted by atomic mass is 10.2. The third-order valence-corrected chi connectivity index (χ3v) is 4.73. The summed E-state index contributed by atoms with van der Waals surface area (Å²) in [4.78, 5) is 23.1. The molecular weight excluding hydrogens is 312 g/mol. The number of aliphatic imine (C=N–C) groups is 1. The molecule has 0 saturated heterocycles. The van der Waals surface area contributed by atoms with Gasteiger partial charge in [-0.3, -0.25) is 9.79 Å². The number of amides is 1.